The van der Waals surface area contributed by atoms with Crippen LogP contribution in [0, 0.1) is 10.8 Å². The molecule has 24 heavy (non-hydrogen) atoms. The highest BCUT2D eigenvalue weighted by atomic mass is 35.5. The van der Waals surface area contributed by atoms with Gasteiger partial charge in [-0.3, -0.25) is 0 Å². The average molecular weight is 365 g/mol. The minimum absolute atomic E-state index is 0. The summed E-state index contributed by atoms with van der Waals surface area (Å²) in [5.74, 6) is 0. The van der Waals surface area contributed by atoms with Crippen LogP contribution in [0.5, 0.6) is 0 Å². The average Bonchev–Trinajstić information content (AvgIpc) is 2.46. The molecule has 0 spiro atoms. The molecule has 0 aliphatic rings. The molecule has 1 aromatic carbocycles. The van der Waals surface area contributed by atoms with Crippen molar-refractivity contribution in [2.45, 2.75) is 60.2 Å². The van der Waals surface area contributed by atoms with Crippen LogP contribution in [0.25, 0.3) is 0 Å². The van der Waals surface area contributed by atoms with Gasteiger partial charge in [0.2, 0.25) is 0 Å². The van der Waals surface area contributed by atoms with E-state index >= 15 is 0 Å². The quantitative estimate of drug-likeness (QED) is 0.778. The van der Waals surface area contributed by atoms with Crippen molar-refractivity contribution in [3.05, 3.63) is 35.9 Å². The third-order valence-electron chi connectivity index (χ3n) is 3.87. The third kappa shape index (κ3) is 11.0. The van der Waals surface area contributed by atoms with Crippen LogP contribution in [-0.4, -0.2) is 25.4 Å². The van der Waals surface area contributed by atoms with E-state index in [-0.39, 0.29) is 42.0 Å². The van der Waals surface area contributed by atoms with Crippen LogP contribution in [-0.2, 0) is 6.54 Å². The number of nitrogens with one attached hydrogen (secondary N) is 1. The molecular weight excluding hydrogens is 330 g/mol. The third-order valence-corrected chi connectivity index (χ3v) is 3.87. The fourth-order valence-electron chi connectivity index (χ4n) is 1.66. The zero-order chi connectivity index (χ0) is 18.1. The number of alkyl halides is 2. The minimum Gasteiger partial charge on any atom is -0.325 e. The molecule has 1 rings (SSSR count). The first-order valence-electron chi connectivity index (χ1n) is 8.17. The van der Waals surface area contributed by atoms with Crippen molar-refractivity contribution in [3.8, 4) is 0 Å². The molecule has 0 fully saturated rings. The van der Waals surface area contributed by atoms with E-state index in [9.17, 15) is 8.78 Å². The first-order valence-corrected chi connectivity index (χ1v) is 8.17. The predicted molar refractivity (Wildman–Crippen MR) is 103 cm³/mol. The maximum absolute atomic E-state index is 12.8. The van der Waals surface area contributed by atoms with Crippen LogP contribution in [0.2, 0.25) is 0 Å². The molecular formula is C19H35ClF2N2. The highest BCUT2D eigenvalue weighted by molar-refractivity contribution is 5.85. The zero-order valence-corrected chi connectivity index (χ0v) is 16.7. The summed E-state index contributed by atoms with van der Waals surface area (Å²) in [6.07, 6.45) is 0. The van der Waals surface area contributed by atoms with E-state index in [1.165, 1.54) is 5.56 Å². The summed E-state index contributed by atoms with van der Waals surface area (Å²) in [4.78, 5) is 0. The number of hydrogen-bond acceptors (Lipinski definition) is 2. The summed E-state index contributed by atoms with van der Waals surface area (Å²) >= 11 is 0. The number of rotatable bonds is 5. The lowest BCUT2D eigenvalue weighted by molar-refractivity contribution is 0.219. The Morgan fingerprint density at radius 3 is 1.71 bits per heavy atom. The van der Waals surface area contributed by atoms with Gasteiger partial charge in [0.15, 0.2) is 0 Å². The lowest BCUT2D eigenvalue weighted by atomic mass is 9.87. The topological polar surface area (TPSA) is 38.0 Å². The molecule has 0 heterocycles. The summed E-state index contributed by atoms with van der Waals surface area (Å²) < 4.78 is 24.6. The highest BCUT2D eigenvalue weighted by Crippen LogP contribution is 2.20. The molecule has 0 amide bonds. The minimum atomic E-state index is -0.427. The Hall–Kier alpha value is -0.710. The molecule has 0 saturated heterocycles. The fraction of sp³-hybridized carbons (Fsp3) is 0.684. The molecule has 0 radical (unpaired) electrons. The Kier molecular flexibility index (Phi) is 12.5. The van der Waals surface area contributed by atoms with Crippen LogP contribution in [0.3, 0.4) is 0 Å². The molecule has 0 aromatic heterocycles. The largest absolute Gasteiger partial charge is 0.325 e. The number of nitrogens with two attached hydrogens (primary N) is 1. The number of benzene rings is 1. The molecule has 0 saturated carbocycles. The zero-order valence-electron chi connectivity index (χ0n) is 15.9. The van der Waals surface area contributed by atoms with Crippen molar-refractivity contribution in [1.29, 1.82) is 0 Å². The molecule has 2 nitrogen and oxygen atoms in total. The van der Waals surface area contributed by atoms with Crippen molar-refractivity contribution in [3.63, 3.8) is 0 Å². The van der Waals surface area contributed by atoms with Gasteiger partial charge in [0.1, 0.15) is 13.3 Å². The molecule has 0 bridgehead atoms. The second kappa shape index (κ2) is 11.8. The van der Waals surface area contributed by atoms with E-state index in [4.69, 9.17) is 5.73 Å². The van der Waals surface area contributed by atoms with Gasteiger partial charge >= 0.3 is 0 Å². The van der Waals surface area contributed by atoms with Crippen molar-refractivity contribution in [2.75, 3.05) is 13.3 Å². The molecule has 142 valence electrons. The Balaban J connectivity index is 0. The maximum atomic E-state index is 12.8. The van der Waals surface area contributed by atoms with Crippen molar-refractivity contribution in [1.82, 2.24) is 5.32 Å². The van der Waals surface area contributed by atoms with Crippen molar-refractivity contribution < 1.29 is 8.78 Å². The van der Waals surface area contributed by atoms with Crippen LogP contribution < -0.4 is 11.1 Å². The lowest BCUT2D eigenvalue weighted by Crippen LogP contribution is -2.41. The smallest absolute Gasteiger partial charge is 0.105 e. The Bertz CT molecular complexity index is 414. The summed E-state index contributed by atoms with van der Waals surface area (Å²) in [6, 6.07) is 9.67. The molecule has 1 aromatic rings. The van der Waals surface area contributed by atoms with Crippen LogP contribution in [0.1, 0.15) is 47.1 Å². The van der Waals surface area contributed by atoms with Gasteiger partial charge < -0.3 is 11.1 Å². The van der Waals surface area contributed by atoms with Gasteiger partial charge in [0, 0.05) is 18.6 Å². The fourth-order valence-corrected chi connectivity index (χ4v) is 1.66. The van der Waals surface area contributed by atoms with Gasteiger partial charge in [-0.15, -0.1) is 12.4 Å². The van der Waals surface area contributed by atoms with Gasteiger partial charge in [-0.1, -0.05) is 71.9 Å². The standard InChI is InChI=1S/C13H20FN.C6H14FN.ClH/c1-13(2,3)12(9-14)15-10-11-7-5-4-6-8-11;1-6(2,3)5(8)4-7;/h4-8,12,15H,9-10H2,1-3H3;5H,4,8H2,1-3H3;1H/t12-;5-;/m11./s1. The Morgan fingerprint density at radius 2 is 1.42 bits per heavy atom. The van der Waals surface area contributed by atoms with Gasteiger partial charge in [0.25, 0.3) is 0 Å². The van der Waals surface area contributed by atoms with Gasteiger partial charge in [-0.05, 0) is 16.4 Å². The second-order valence-corrected chi connectivity index (χ2v) is 8.07. The second-order valence-electron chi connectivity index (χ2n) is 8.07. The molecule has 0 unspecified atom stereocenters. The molecule has 0 aliphatic heterocycles. The highest BCUT2D eigenvalue weighted by Gasteiger charge is 2.23. The van der Waals surface area contributed by atoms with Gasteiger partial charge in [0.05, 0.1) is 0 Å². The van der Waals surface area contributed by atoms with E-state index in [1.807, 2.05) is 51.1 Å². The van der Waals surface area contributed by atoms with Crippen molar-refractivity contribution in [2.24, 2.45) is 16.6 Å². The van der Waals surface area contributed by atoms with Crippen LogP contribution in [0.15, 0.2) is 30.3 Å². The Morgan fingerprint density at radius 1 is 0.917 bits per heavy atom. The predicted octanol–water partition coefficient (Wildman–Crippen LogP) is 4.91. The van der Waals surface area contributed by atoms with E-state index in [0.717, 1.165) is 6.54 Å². The summed E-state index contributed by atoms with van der Waals surface area (Å²) in [5.41, 5.74) is 6.44. The van der Waals surface area contributed by atoms with E-state index < -0.39 is 6.67 Å². The Labute approximate surface area is 153 Å². The van der Waals surface area contributed by atoms with Crippen LogP contribution in [0.4, 0.5) is 8.78 Å². The van der Waals surface area contributed by atoms with Crippen LogP contribution >= 0.6 is 12.4 Å². The molecule has 5 heteroatoms. The maximum Gasteiger partial charge on any atom is 0.105 e. The first kappa shape index (κ1) is 25.5. The summed E-state index contributed by atoms with van der Waals surface area (Å²) in [5, 5.41) is 3.25. The number of halogens is 3. The van der Waals surface area contributed by atoms with E-state index in [1.54, 1.807) is 0 Å². The molecule has 0 aliphatic carbocycles. The van der Waals surface area contributed by atoms with Gasteiger partial charge in [-0.25, -0.2) is 8.78 Å². The number of hydrogen-bond donors (Lipinski definition) is 2. The van der Waals surface area contributed by atoms with E-state index in [2.05, 4.69) is 26.1 Å². The van der Waals surface area contributed by atoms with Gasteiger partial charge in [-0.2, -0.15) is 0 Å². The van der Waals surface area contributed by atoms with Crippen molar-refractivity contribution >= 4 is 12.4 Å². The summed E-state index contributed by atoms with van der Waals surface area (Å²) in [7, 11) is 0. The molecule has 2 atom stereocenters. The lowest BCUT2D eigenvalue weighted by Gasteiger charge is -2.29. The first-order chi connectivity index (χ1) is 10.5. The molecule has 3 N–H and O–H groups in total. The van der Waals surface area contributed by atoms with E-state index in [0.29, 0.717) is 0 Å². The normalized spacial score (nSPS) is 14.0. The SMILES string of the molecule is CC(C)(C)[C@@H](CF)NCc1ccccc1.CC(C)(C)[C@H](N)CF.Cl. The summed E-state index contributed by atoms with van der Waals surface area (Å²) in [6.45, 7) is 11.9. The monoisotopic (exact) mass is 364 g/mol.